The van der Waals surface area contributed by atoms with Gasteiger partial charge in [-0.05, 0) is 18.8 Å². The third-order valence-corrected chi connectivity index (χ3v) is 3.15. The Morgan fingerprint density at radius 3 is 2.68 bits per heavy atom. The number of rotatable bonds is 6. The molecule has 1 aromatic rings. The Balaban J connectivity index is 1.98. The summed E-state index contributed by atoms with van der Waals surface area (Å²) in [6, 6.07) is 1.38. The molecule has 0 heterocycles. The monoisotopic (exact) mass is 272 g/mol. The van der Waals surface area contributed by atoms with Gasteiger partial charge in [-0.1, -0.05) is 0 Å². The van der Waals surface area contributed by atoms with Crippen molar-refractivity contribution in [1.29, 1.82) is 0 Å². The number of nitrogens with zero attached hydrogens (tertiary/aromatic N) is 1. The first-order valence-electron chi connectivity index (χ1n) is 6.00. The lowest BCUT2D eigenvalue weighted by Gasteiger charge is -2.11. The Morgan fingerprint density at radius 1 is 1.42 bits per heavy atom. The first-order chi connectivity index (χ1) is 8.99. The van der Waals surface area contributed by atoms with Gasteiger partial charge in [0.05, 0.1) is 11.0 Å². The van der Waals surface area contributed by atoms with Crippen molar-refractivity contribution >= 4 is 5.69 Å². The average Bonchev–Trinajstić information content (AvgIpc) is 3.15. The molecule has 1 aliphatic rings. The van der Waals surface area contributed by atoms with Crippen LogP contribution in [0.3, 0.4) is 0 Å². The Hall–Kier alpha value is -1.60. The van der Waals surface area contributed by atoms with Crippen LogP contribution in [0.15, 0.2) is 12.1 Å². The van der Waals surface area contributed by atoms with E-state index in [1.807, 2.05) is 0 Å². The van der Waals surface area contributed by atoms with Gasteiger partial charge in [0.15, 0.2) is 0 Å². The van der Waals surface area contributed by atoms with E-state index < -0.39 is 28.3 Å². The summed E-state index contributed by atoms with van der Waals surface area (Å²) >= 11 is 0. The first kappa shape index (κ1) is 13.8. The van der Waals surface area contributed by atoms with E-state index in [0.717, 1.165) is 18.9 Å². The molecule has 0 spiro atoms. The summed E-state index contributed by atoms with van der Waals surface area (Å²) in [6.07, 6.45) is 1.48. The molecule has 104 valence electrons. The minimum atomic E-state index is -1.19. The molecule has 2 N–H and O–H groups in total. The van der Waals surface area contributed by atoms with Crippen LogP contribution >= 0.6 is 0 Å². The molecule has 0 aliphatic heterocycles. The van der Waals surface area contributed by atoms with E-state index in [9.17, 15) is 24.0 Å². The number of aliphatic hydroxyl groups is 1. The molecule has 19 heavy (non-hydrogen) atoms. The minimum absolute atomic E-state index is 0.0103. The largest absolute Gasteiger partial charge is 0.392 e. The Bertz CT molecular complexity index is 492. The molecular weight excluding hydrogens is 258 g/mol. The van der Waals surface area contributed by atoms with E-state index in [4.69, 9.17) is 0 Å². The number of hydrogen-bond acceptors (Lipinski definition) is 4. The smallest absolute Gasteiger partial charge is 0.305 e. The van der Waals surface area contributed by atoms with Crippen LogP contribution in [-0.2, 0) is 6.54 Å². The quantitative estimate of drug-likeness (QED) is 0.611. The van der Waals surface area contributed by atoms with Crippen LogP contribution in [0, 0.1) is 27.7 Å². The van der Waals surface area contributed by atoms with Gasteiger partial charge in [0, 0.05) is 30.8 Å². The number of nitro benzene ring substituents is 1. The van der Waals surface area contributed by atoms with Gasteiger partial charge in [-0.2, -0.15) is 4.39 Å². The number of aliphatic hydroxyl groups excluding tert-OH is 1. The van der Waals surface area contributed by atoms with Crippen molar-refractivity contribution < 1.29 is 18.8 Å². The lowest BCUT2D eigenvalue weighted by Crippen LogP contribution is -2.28. The molecular formula is C12H14F2N2O3. The van der Waals surface area contributed by atoms with Crippen molar-refractivity contribution in [2.24, 2.45) is 5.92 Å². The summed E-state index contributed by atoms with van der Waals surface area (Å²) in [5.41, 5.74) is -0.739. The van der Waals surface area contributed by atoms with Gasteiger partial charge < -0.3 is 10.4 Å². The van der Waals surface area contributed by atoms with Crippen molar-refractivity contribution in [1.82, 2.24) is 5.32 Å². The number of benzene rings is 1. The Labute approximate surface area is 108 Å². The molecule has 7 heteroatoms. The zero-order valence-electron chi connectivity index (χ0n) is 10.1. The average molecular weight is 272 g/mol. The summed E-state index contributed by atoms with van der Waals surface area (Å²) in [6.45, 7) is 0.298. The molecule has 5 nitrogen and oxygen atoms in total. The highest BCUT2D eigenvalue weighted by Crippen LogP contribution is 2.32. The fraction of sp³-hybridized carbons (Fsp3) is 0.500. The molecule has 1 atom stereocenters. The maximum Gasteiger partial charge on any atom is 0.305 e. The lowest BCUT2D eigenvalue weighted by molar-refractivity contribution is -0.387. The molecule has 0 radical (unpaired) electrons. The SMILES string of the molecule is O=[N+]([O-])c1cc(CNCC(O)C2CC2)c(F)cc1F. The molecule has 1 saturated carbocycles. The zero-order chi connectivity index (χ0) is 14.0. The molecule has 0 saturated heterocycles. The predicted octanol–water partition coefficient (Wildman–Crippen LogP) is 1.73. The van der Waals surface area contributed by atoms with E-state index in [0.29, 0.717) is 12.0 Å². The van der Waals surface area contributed by atoms with Crippen molar-refractivity contribution in [2.45, 2.75) is 25.5 Å². The van der Waals surface area contributed by atoms with Gasteiger partial charge in [0.1, 0.15) is 5.82 Å². The van der Waals surface area contributed by atoms with Crippen molar-refractivity contribution in [2.75, 3.05) is 6.54 Å². The fourth-order valence-electron chi connectivity index (χ4n) is 1.86. The number of halogens is 2. The minimum Gasteiger partial charge on any atom is -0.392 e. The normalized spacial score (nSPS) is 16.4. The van der Waals surface area contributed by atoms with Gasteiger partial charge in [0.2, 0.25) is 5.82 Å². The van der Waals surface area contributed by atoms with Crippen molar-refractivity contribution in [3.8, 4) is 0 Å². The summed E-state index contributed by atoms with van der Waals surface area (Å²) in [7, 11) is 0. The van der Waals surface area contributed by atoms with Crippen LogP contribution in [0.25, 0.3) is 0 Å². The third kappa shape index (κ3) is 3.45. The second kappa shape index (κ2) is 5.58. The zero-order valence-corrected chi connectivity index (χ0v) is 10.1. The van der Waals surface area contributed by atoms with E-state index in [-0.39, 0.29) is 18.7 Å². The van der Waals surface area contributed by atoms with Gasteiger partial charge in [0.25, 0.3) is 0 Å². The van der Waals surface area contributed by atoms with Gasteiger partial charge in [-0.25, -0.2) is 4.39 Å². The third-order valence-electron chi connectivity index (χ3n) is 3.15. The standard InChI is InChI=1S/C12H14F2N2O3/c13-9-4-10(14)11(16(18)19)3-8(9)5-15-6-12(17)7-1-2-7/h3-4,7,12,15,17H,1-2,5-6H2. The maximum atomic E-state index is 13.4. The highest BCUT2D eigenvalue weighted by Gasteiger charge is 2.29. The van der Waals surface area contributed by atoms with Crippen LogP contribution in [-0.4, -0.2) is 22.7 Å². The number of nitro groups is 1. The van der Waals surface area contributed by atoms with Crippen molar-refractivity contribution in [3.63, 3.8) is 0 Å². The van der Waals surface area contributed by atoms with E-state index in [1.54, 1.807) is 0 Å². The van der Waals surface area contributed by atoms with E-state index in [1.165, 1.54) is 0 Å². The van der Waals surface area contributed by atoms with Crippen LogP contribution in [0.1, 0.15) is 18.4 Å². The van der Waals surface area contributed by atoms with Crippen LogP contribution < -0.4 is 5.32 Å². The van der Waals surface area contributed by atoms with Crippen LogP contribution in [0.2, 0.25) is 0 Å². The molecule has 1 aliphatic carbocycles. The topological polar surface area (TPSA) is 75.4 Å². The second-order valence-corrected chi connectivity index (χ2v) is 4.69. The first-order valence-corrected chi connectivity index (χ1v) is 6.00. The van der Waals surface area contributed by atoms with Crippen LogP contribution in [0.4, 0.5) is 14.5 Å². The predicted molar refractivity (Wildman–Crippen MR) is 63.4 cm³/mol. The molecule has 1 unspecified atom stereocenters. The van der Waals surface area contributed by atoms with Gasteiger partial charge in [-0.15, -0.1) is 0 Å². The van der Waals surface area contributed by atoms with E-state index >= 15 is 0 Å². The summed E-state index contributed by atoms with van der Waals surface area (Å²) in [5, 5.41) is 23.0. The summed E-state index contributed by atoms with van der Waals surface area (Å²) in [5.74, 6) is -1.74. The Morgan fingerprint density at radius 2 is 2.11 bits per heavy atom. The summed E-state index contributed by atoms with van der Waals surface area (Å²) < 4.78 is 26.5. The lowest BCUT2D eigenvalue weighted by atomic mass is 10.1. The van der Waals surface area contributed by atoms with Crippen molar-refractivity contribution in [3.05, 3.63) is 39.4 Å². The van der Waals surface area contributed by atoms with Gasteiger partial charge in [-0.3, -0.25) is 10.1 Å². The van der Waals surface area contributed by atoms with Gasteiger partial charge >= 0.3 is 5.69 Å². The molecule has 0 amide bonds. The fourth-order valence-corrected chi connectivity index (χ4v) is 1.86. The second-order valence-electron chi connectivity index (χ2n) is 4.69. The molecule has 0 bridgehead atoms. The number of hydrogen-bond donors (Lipinski definition) is 2. The molecule has 1 aromatic carbocycles. The number of nitrogens with one attached hydrogen (secondary N) is 1. The molecule has 0 aromatic heterocycles. The molecule has 2 rings (SSSR count). The maximum absolute atomic E-state index is 13.4. The highest BCUT2D eigenvalue weighted by molar-refractivity contribution is 5.37. The molecule has 1 fully saturated rings. The highest BCUT2D eigenvalue weighted by atomic mass is 19.1. The van der Waals surface area contributed by atoms with Crippen LogP contribution in [0.5, 0.6) is 0 Å². The summed E-state index contributed by atoms with van der Waals surface area (Å²) in [4.78, 5) is 9.66. The van der Waals surface area contributed by atoms with E-state index in [2.05, 4.69) is 5.32 Å². The Kier molecular flexibility index (Phi) is 4.06.